The zero-order chi connectivity index (χ0) is 24.0. The summed E-state index contributed by atoms with van der Waals surface area (Å²) in [4.78, 5) is 17.0. The van der Waals surface area contributed by atoms with Gasteiger partial charge in [-0.25, -0.2) is 4.98 Å². The van der Waals surface area contributed by atoms with Crippen molar-refractivity contribution in [3.8, 4) is 17.3 Å². The van der Waals surface area contributed by atoms with E-state index in [-0.39, 0.29) is 5.91 Å². The Bertz CT molecular complexity index is 1420. The van der Waals surface area contributed by atoms with Gasteiger partial charge in [0.25, 0.3) is 5.91 Å². The lowest BCUT2D eigenvalue weighted by Crippen LogP contribution is -2.26. The Hall–Kier alpha value is -3.40. The SMILES string of the molecule is O=C(NCCc1ccccc1)c1csc(CSc2nnc(-c3ccco3)n2-c2ccccc2Cl)n1. The van der Waals surface area contributed by atoms with Gasteiger partial charge in [0, 0.05) is 11.9 Å². The first kappa shape index (κ1) is 23.3. The van der Waals surface area contributed by atoms with Crippen LogP contribution in [0.15, 0.2) is 87.9 Å². The summed E-state index contributed by atoms with van der Waals surface area (Å²) in [6, 6.07) is 21.2. The standard InChI is InChI=1S/C25H20ClN5O2S2/c26-18-9-4-5-10-20(18)31-23(21-11-6-14-33-21)29-30-25(31)35-16-22-28-19(15-34-22)24(32)27-13-12-17-7-2-1-3-8-17/h1-11,14-15H,12-13,16H2,(H,27,32). The molecule has 0 unspecified atom stereocenters. The molecule has 0 aliphatic rings. The van der Waals surface area contributed by atoms with Gasteiger partial charge in [-0.2, -0.15) is 0 Å². The number of para-hydroxylation sites is 1. The van der Waals surface area contributed by atoms with Gasteiger partial charge in [0.05, 0.1) is 22.7 Å². The van der Waals surface area contributed by atoms with E-state index in [0.717, 1.165) is 17.1 Å². The number of nitrogens with zero attached hydrogens (tertiary/aromatic N) is 4. The predicted molar refractivity (Wildman–Crippen MR) is 138 cm³/mol. The van der Waals surface area contributed by atoms with Crippen LogP contribution in [0.3, 0.4) is 0 Å². The zero-order valence-electron chi connectivity index (χ0n) is 18.4. The van der Waals surface area contributed by atoms with Crippen molar-refractivity contribution in [2.75, 3.05) is 6.54 Å². The summed E-state index contributed by atoms with van der Waals surface area (Å²) in [7, 11) is 0. The van der Waals surface area contributed by atoms with E-state index in [1.807, 2.05) is 65.2 Å². The number of thioether (sulfide) groups is 1. The zero-order valence-corrected chi connectivity index (χ0v) is 20.8. The number of carbonyl (C=O) groups excluding carboxylic acids is 1. The van der Waals surface area contributed by atoms with Crippen LogP contribution in [0.25, 0.3) is 17.3 Å². The van der Waals surface area contributed by atoms with Gasteiger partial charge >= 0.3 is 0 Å². The smallest absolute Gasteiger partial charge is 0.270 e. The maximum Gasteiger partial charge on any atom is 0.270 e. The lowest BCUT2D eigenvalue weighted by atomic mass is 10.1. The number of carbonyl (C=O) groups is 1. The van der Waals surface area contributed by atoms with Gasteiger partial charge < -0.3 is 9.73 Å². The number of aromatic nitrogens is 4. The largest absolute Gasteiger partial charge is 0.461 e. The average Bonchev–Trinajstić information content (AvgIpc) is 3.64. The highest BCUT2D eigenvalue weighted by molar-refractivity contribution is 7.98. The van der Waals surface area contributed by atoms with E-state index in [4.69, 9.17) is 16.0 Å². The lowest BCUT2D eigenvalue weighted by molar-refractivity contribution is 0.0949. The molecule has 0 radical (unpaired) electrons. The molecule has 0 atom stereocenters. The maximum absolute atomic E-state index is 12.5. The fourth-order valence-corrected chi connectivity index (χ4v) is 5.40. The monoisotopic (exact) mass is 521 g/mol. The first-order valence-electron chi connectivity index (χ1n) is 10.8. The second-order valence-electron chi connectivity index (χ2n) is 7.48. The summed E-state index contributed by atoms with van der Waals surface area (Å²) >= 11 is 9.39. The van der Waals surface area contributed by atoms with Gasteiger partial charge in [0.15, 0.2) is 10.9 Å². The van der Waals surface area contributed by atoms with Gasteiger partial charge in [-0.1, -0.05) is 65.8 Å². The molecule has 7 nitrogen and oxygen atoms in total. The van der Waals surface area contributed by atoms with Crippen LogP contribution in [0.1, 0.15) is 21.1 Å². The summed E-state index contributed by atoms with van der Waals surface area (Å²) in [5.41, 5.74) is 2.35. The van der Waals surface area contributed by atoms with E-state index < -0.39 is 0 Å². The molecular weight excluding hydrogens is 502 g/mol. The topological polar surface area (TPSA) is 85.8 Å². The highest BCUT2D eigenvalue weighted by Gasteiger charge is 2.20. The Morgan fingerprint density at radius 2 is 1.89 bits per heavy atom. The Kier molecular flexibility index (Phi) is 7.27. The lowest BCUT2D eigenvalue weighted by Gasteiger charge is -2.10. The molecule has 0 fully saturated rings. The van der Waals surface area contributed by atoms with Crippen LogP contribution in [0.4, 0.5) is 0 Å². The summed E-state index contributed by atoms with van der Waals surface area (Å²) in [5, 5.41) is 15.5. The molecule has 0 spiro atoms. The third-order valence-electron chi connectivity index (χ3n) is 5.12. The third kappa shape index (κ3) is 5.48. The molecule has 0 aliphatic heterocycles. The van der Waals surface area contributed by atoms with Gasteiger partial charge in [-0.05, 0) is 36.2 Å². The van der Waals surface area contributed by atoms with Gasteiger partial charge in [0.2, 0.25) is 5.82 Å². The number of furan rings is 1. The highest BCUT2D eigenvalue weighted by Crippen LogP contribution is 2.33. The van der Waals surface area contributed by atoms with Crippen molar-refractivity contribution in [1.82, 2.24) is 25.1 Å². The van der Waals surface area contributed by atoms with Gasteiger partial charge in [-0.15, -0.1) is 21.5 Å². The van der Waals surface area contributed by atoms with Crippen molar-refractivity contribution < 1.29 is 9.21 Å². The van der Waals surface area contributed by atoms with Crippen molar-refractivity contribution in [2.24, 2.45) is 0 Å². The predicted octanol–water partition coefficient (Wildman–Crippen LogP) is 5.90. The van der Waals surface area contributed by atoms with E-state index in [1.54, 1.807) is 17.7 Å². The van der Waals surface area contributed by atoms with Gasteiger partial charge in [-0.3, -0.25) is 9.36 Å². The van der Waals surface area contributed by atoms with E-state index in [1.165, 1.54) is 28.7 Å². The molecule has 5 aromatic rings. The molecule has 176 valence electrons. The molecule has 5 rings (SSSR count). The number of halogens is 1. The number of thiazole rings is 1. The molecule has 1 N–H and O–H groups in total. The van der Waals surface area contributed by atoms with Crippen LogP contribution in [0, 0.1) is 0 Å². The van der Waals surface area contributed by atoms with Crippen molar-refractivity contribution in [2.45, 2.75) is 17.3 Å². The molecule has 1 amide bonds. The van der Waals surface area contributed by atoms with Crippen molar-refractivity contribution in [3.63, 3.8) is 0 Å². The molecule has 0 bridgehead atoms. The van der Waals surface area contributed by atoms with Crippen molar-refractivity contribution in [1.29, 1.82) is 0 Å². The number of hydrogen-bond donors (Lipinski definition) is 1. The molecule has 0 aliphatic carbocycles. The summed E-state index contributed by atoms with van der Waals surface area (Å²) in [6.07, 6.45) is 2.37. The van der Waals surface area contributed by atoms with Crippen molar-refractivity contribution in [3.05, 3.63) is 99.7 Å². The Balaban J connectivity index is 1.27. The fourth-order valence-electron chi connectivity index (χ4n) is 3.44. The van der Waals surface area contributed by atoms with Crippen LogP contribution in [0.5, 0.6) is 0 Å². The van der Waals surface area contributed by atoms with E-state index in [2.05, 4.69) is 20.5 Å². The van der Waals surface area contributed by atoms with Crippen LogP contribution in [-0.2, 0) is 12.2 Å². The van der Waals surface area contributed by atoms with E-state index in [9.17, 15) is 4.79 Å². The summed E-state index contributed by atoms with van der Waals surface area (Å²) in [6.45, 7) is 0.557. The second-order valence-corrected chi connectivity index (χ2v) is 9.77. The Morgan fingerprint density at radius 1 is 1.06 bits per heavy atom. The van der Waals surface area contributed by atoms with Crippen LogP contribution in [0.2, 0.25) is 5.02 Å². The minimum Gasteiger partial charge on any atom is -0.461 e. The Morgan fingerprint density at radius 3 is 2.69 bits per heavy atom. The third-order valence-corrected chi connectivity index (χ3v) is 7.41. The summed E-state index contributed by atoms with van der Waals surface area (Å²) < 4.78 is 7.43. The van der Waals surface area contributed by atoms with Crippen LogP contribution >= 0.6 is 34.7 Å². The summed E-state index contributed by atoms with van der Waals surface area (Å²) in [5.74, 6) is 1.51. The highest BCUT2D eigenvalue weighted by atomic mass is 35.5. The average molecular weight is 522 g/mol. The molecule has 2 aromatic carbocycles. The molecular formula is C25H20ClN5O2S2. The first-order chi connectivity index (χ1) is 17.2. The Labute approximate surface area is 215 Å². The van der Waals surface area contributed by atoms with E-state index in [0.29, 0.717) is 39.8 Å². The number of hydrogen-bond acceptors (Lipinski definition) is 7. The normalized spacial score (nSPS) is 11.0. The second kappa shape index (κ2) is 10.9. The van der Waals surface area contributed by atoms with Crippen LogP contribution in [-0.4, -0.2) is 32.2 Å². The van der Waals surface area contributed by atoms with Crippen molar-refractivity contribution >= 4 is 40.6 Å². The minimum atomic E-state index is -0.173. The number of benzene rings is 2. The van der Waals surface area contributed by atoms with Crippen LogP contribution < -0.4 is 5.32 Å². The molecule has 10 heteroatoms. The quantitative estimate of drug-likeness (QED) is 0.243. The molecule has 3 aromatic heterocycles. The molecule has 0 saturated heterocycles. The van der Waals surface area contributed by atoms with E-state index >= 15 is 0 Å². The fraction of sp³-hybridized carbons (Fsp3) is 0.120. The molecule has 3 heterocycles. The first-order valence-corrected chi connectivity index (χ1v) is 13.1. The minimum absolute atomic E-state index is 0.173. The molecule has 0 saturated carbocycles. The number of nitrogens with one attached hydrogen (secondary N) is 1. The maximum atomic E-state index is 12.5. The molecule has 35 heavy (non-hydrogen) atoms. The van der Waals surface area contributed by atoms with Gasteiger partial charge in [0.1, 0.15) is 10.7 Å². The number of amides is 1. The number of rotatable bonds is 9.